The van der Waals surface area contributed by atoms with Crippen LogP contribution in [-0.4, -0.2) is 0 Å². The molecule has 0 aliphatic heterocycles. The number of hydrogen-bond acceptors (Lipinski definition) is 0. The van der Waals surface area contributed by atoms with Crippen LogP contribution in [-0.2, 0) is 12.8 Å². The fraction of sp³-hybridized carbons (Fsp3) is 0.357. The fourth-order valence-electron chi connectivity index (χ4n) is 1.50. The van der Waals surface area contributed by atoms with E-state index >= 15 is 0 Å². The predicted molar refractivity (Wildman–Crippen MR) is 62.5 cm³/mol. The van der Waals surface area contributed by atoms with E-state index < -0.39 is 0 Å². The summed E-state index contributed by atoms with van der Waals surface area (Å²) in [5, 5.41) is 0. The van der Waals surface area contributed by atoms with Crippen molar-refractivity contribution < 1.29 is 0 Å². The Morgan fingerprint density at radius 1 is 1.21 bits per heavy atom. The fourth-order valence-corrected chi connectivity index (χ4v) is 1.50. The van der Waals surface area contributed by atoms with E-state index in [0.717, 1.165) is 12.8 Å². The minimum atomic E-state index is 1.01. The second-order valence-corrected chi connectivity index (χ2v) is 3.56. The van der Waals surface area contributed by atoms with E-state index in [1.54, 1.807) is 0 Å². The van der Waals surface area contributed by atoms with E-state index in [-0.39, 0.29) is 0 Å². The van der Waals surface area contributed by atoms with E-state index in [1.165, 1.54) is 16.7 Å². The first-order valence-electron chi connectivity index (χ1n) is 5.21. The van der Waals surface area contributed by atoms with Gasteiger partial charge in [-0.2, -0.15) is 0 Å². The van der Waals surface area contributed by atoms with Crippen LogP contribution in [0.2, 0.25) is 0 Å². The van der Waals surface area contributed by atoms with Crippen LogP contribution in [0.25, 0.3) is 0 Å². The van der Waals surface area contributed by atoms with Gasteiger partial charge in [0.05, 0.1) is 0 Å². The first-order chi connectivity index (χ1) is 6.76. The molecule has 14 heavy (non-hydrogen) atoms. The summed E-state index contributed by atoms with van der Waals surface area (Å²) >= 11 is 0. The molecule has 0 bridgehead atoms. The van der Waals surface area contributed by atoms with Gasteiger partial charge in [-0.25, -0.2) is 0 Å². The lowest BCUT2D eigenvalue weighted by molar-refractivity contribution is 1.11. The Labute approximate surface area is 87.0 Å². The highest BCUT2D eigenvalue weighted by atomic mass is 14.0. The Bertz CT molecular complexity index is 335. The van der Waals surface area contributed by atoms with Gasteiger partial charge >= 0.3 is 0 Å². The van der Waals surface area contributed by atoms with E-state index in [1.807, 2.05) is 13.0 Å². The lowest BCUT2D eigenvalue weighted by atomic mass is 10.0. The Hall–Kier alpha value is -1.26. The lowest BCUT2D eigenvalue weighted by Crippen LogP contribution is -1.87. The molecule has 1 rings (SSSR count). The Morgan fingerprint density at radius 3 is 2.29 bits per heavy atom. The van der Waals surface area contributed by atoms with Crippen molar-refractivity contribution in [1.82, 2.24) is 0 Å². The highest BCUT2D eigenvalue weighted by Gasteiger charge is 1.94. The van der Waals surface area contributed by atoms with Crippen LogP contribution in [0.15, 0.2) is 41.6 Å². The van der Waals surface area contributed by atoms with Crippen molar-refractivity contribution in [1.29, 1.82) is 0 Å². The average molecular weight is 186 g/mol. The van der Waals surface area contributed by atoms with Gasteiger partial charge in [-0.15, -0.1) is 5.73 Å². The molecule has 0 saturated carbocycles. The molecule has 0 saturated heterocycles. The second kappa shape index (κ2) is 5.47. The molecule has 0 aromatic heterocycles. The Balaban J connectivity index is 2.74. The van der Waals surface area contributed by atoms with Crippen LogP contribution < -0.4 is 0 Å². The maximum atomic E-state index is 3.21. The van der Waals surface area contributed by atoms with Crippen molar-refractivity contribution in [3.63, 3.8) is 0 Å². The van der Waals surface area contributed by atoms with Gasteiger partial charge in [-0.1, -0.05) is 31.2 Å². The molecule has 0 spiro atoms. The van der Waals surface area contributed by atoms with E-state index in [0.29, 0.717) is 0 Å². The molecule has 0 atom stereocenters. The standard InChI is InChI=1S/C14H18/c1-4-6-12(3)11-14-9-7-13(5-2)8-10-14/h4,7-10H,5,11H2,1-3H3. The molecule has 1 aromatic rings. The van der Waals surface area contributed by atoms with Gasteiger partial charge in [-0.05, 0) is 43.0 Å². The number of hydrogen-bond donors (Lipinski definition) is 0. The van der Waals surface area contributed by atoms with Crippen LogP contribution >= 0.6 is 0 Å². The zero-order chi connectivity index (χ0) is 10.4. The third kappa shape index (κ3) is 3.24. The van der Waals surface area contributed by atoms with Gasteiger partial charge in [0, 0.05) is 6.42 Å². The molecule has 1 aromatic carbocycles. The highest BCUT2D eigenvalue weighted by Crippen LogP contribution is 2.09. The van der Waals surface area contributed by atoms with Gasteiger partial charge in [0.15, 0.2) is 0 Å². The Morgan fingerprint density at radius 2 is 1.79 bits per heavy atom. The van der Waals surface area contributed by atoms with Gasteiger partial charge in [0.25, 0.3) is 0 Å². The van der Waals surface area contributed by atoms with Crippen LogP contribution in [0.5, 0.6) is 0 Å². The largest absolute Gasteiger partial charge is 0.126 e. The Kier molecular flexibility index (Phi) is 4.22. The molecule has 0 N–H and O–H groups in total. The summed E-state index contributed by atoms with van der Waals surface area (Å²) in [6, 6.07) is 8.83. The first kappa shape index (κ1) is 10.8. The highest BCUT2D eigenvalue weighted by molar-refractivity contribution is 5.25. The van der Waals surface area contributed by atoms with Crippen molar-refractivity contribution in [3.05, 3.63) is 52.8 Å². The molecule has 0 aliphatic carbocycles. The quantitative estimate of drug-likeness (QED) is 0.628. The minimum Gasteiger partial charge on any atom is -0.126 e. The smallest absolute Gasteiger partial charge is 0.000622 e. The third-order valence-electron chi connectivity index (χ3n) is 2.29. The minimum absolute atomic E-state index is 1.01. The van der Waals surface area contributed by atoms with Crippen LogP contribution in [0, 0.1) is 0 Å². The molecule has 0 heterocycles. The molecular formula is C14H18. The maximum absolute atomic E-state index is 3.21. The van der Waals surface area contributed by atoms with Crippen molar-refractivity contribution in [3.8, 4) is 0 Å². The molecular weight excluding hydrogens is 168 g/mol. The second-order valence-electron chi connectivity index (χ2n) is 3.56. The van der Waals surface area contributed by atoms with E-state index in [9.17, 15) is 0 Å². The third-order valence-corrected chi connectivity index (χ3v) is 2.29. The molecule has 0 amide bonds. The van der Waals surface area contributed by atoms with Crippen molar-refractivity contribution in [2.24, 2.45) is 0 Å². The SMILES string of the molecule is CC=C=C(C)Cc1ccc(CC)cc1. The summed E-state index contributed by atoms with van der Waals surface area (Å²) in [6.07, 6.45) is 4.09. The summed E-state index contributed by atoms with van der Waals surface area (Å²) in [5.41, 5.74) is 7.28. The summed E-state index contributed by atoms with van der Waals surface area (Å²) < 4.78 is 0. The van der Waals surface area contributed by atoms with E-state index in [2.05, 4.69) is 43.8 Å². The lowest BCUT2D eigenvalue weighted by Gasteiger charge is -2.01. The number of aryl methyl sites for hydroxylation is 1. The summed E-state index contributed by atoms with van der Waals surface area (Å²) in [7, 11) is 0. The van der Waals surface area contributed by atoms with Gasteiger partial charge < -0.3 is 0 Å². The molecule has 0 heteroatoms. The van der Waals surface area contributed by atoms with Crippen molar-refractivity contribution >= 4 is 0 Å². The normalized spacial score (nSPS) is 9.36. The average Bonchev–Trinajstić information content (AvgIpc) is 2.19. The predicted octanol–water partition coefficient (Wildman–Crippen LogP) is 3.91. The van der Waals surface area contributed by atoms with Crippen LogP contribution in [0.1, 0.15) is 31.9 Å². The summed E-state index contributed by atoms with van der Waals surface area (Å²) in [4.78, 5) is 0. The molecule has 0 unspecified atom stereocenters. The first-order valence-corrected chi connectivity index (χ1v) is 5.21. The van der Waals surface area contributed by atoms with E-state index in [4.69, 9.17) is 0 Å². The van der Waals surface area contributed by atoms with Crippen LogP contribution in [0.4, 0.5) is 0 Å². The zero-order valence-corrected chi connectivity index (χ0v) is 9.30. The number of rotatable bonds is 3. The summed E-state index contributed by atoms with van der Waals surface area (Å²) in [5.74, 6) is 0. The molecule has 0 aliphatic rings. The summed E-state index contributed by atoms with van der Waals surface area (Å²) in [6.45, 7) is 6.30. The molecule has 0 nitrogen and oxygen atoms in total. The van der Waals surface area contributed by atoms with Crippen molar-refractivity contribution in [2.45, 2.75) is 33.6 Å². The number of benzene rings is 1. The maximum Gasteiger partial charge on any atom is 0.000622 e. The van der Waals surface area contributed by atoms with Gasteiger partial charge in [-0.3, -0.25) is 0 Å². The molecule has 0 fully saturated rings. The zero-order valence-electron chi connectivity index (χ0n) is 9.30. The topological polar surface area (TPSA) is 0 Å². The molecule has 74 valence electrons. The molecule has 0 radical (unpaired) electrons. The number of allylic oxidation sites excluding steroid dienone is 1. The monoisotopic (exact) mass is 186 g/mol. The van der Waals surface area contributed by atoms with Crippen molar-refractivity contribution in [2.75, 3.05) is 0 Å². The van der Waals surface area contributed by atoms with Crippen LogP contribution in [0.3, 0.4) is 0 Å². The van der Waals surface area contributed by atoms with Gasteiger partial charge in [0.2, 0.25) is 0 Å². The van der Waals surface area contributed by atoms with Gasteiger partial charge in [0.1, 0.15) is 0 Å².